The highest BCUT2D eigenvalue weighted by Crippen LogP contribution is 2.35. The summed E-state index contributed by atoms with van der Waals surface area (Å²) >= 11 is 0. The summed E-state index contributed by atoms with van der Waals surface area (Å²) in [6.07, 6.45) is 3.49. The van der Waals surface area contributed by atoms with Gasteiger partial charge in [0.15, 0.2) is 5.82 Å². The van der Waals surface area contributed by atoms with E-state index in [1.807, 2.05) is 38.1 Å². The van der Waals surface area contributed by atoms with Gasteiger partial charge in [-0.25, -0.2) is 9.97 Å². The number of hydrogen-bond acceptors (Lipinski definition) is 5. The molecule has 0 aliphatic carbocycles. The van der Waals surface area contributed by atoms with E-state index in [1.165, 1.54) is 0 Å². The minimum atomic E-state index is -0.0669. The summed E-state index contributed by atoms with van der Waals surface area (Å²) in [5.74, 6) is 1.41. The van der Waals surface area contributed by atoms with Gasteiger partial charge in [0.25, 0.3) is 0 Å². The fraction of sp³-hybridized carbons (Fsp3) is 0.304. The van der Waals surface area contributed by atoms with E-state index in [0.717, 1.165) is 28.1 Å². The Morgan fingerprint density at radius 2 is 1.76 bits per heavy atom. The Hall–Kier alpha value is -3.28. The molecule has 6 nitrogen and oxygen atoms in total. The van der Waals surface area contributed by atoms with Crippen molar-refractivity contribution < 1.29 is 4.74 Å². The van der Waals surface area contributed by atoms with E-state index in [-0.39, 0.29) is 17.4 Å². The Kier molecular flexibility index (Phi) is 5.64. The van der Waals surface area contributed by atoms with E-state index in [4.69, 9.17) is 20.9 Å². The van der Waals surface area contributed by atoms with Crippen LogP contribution in [0.5, 0.6) is 5.75 Å². The number of ether oxygens (including phenoxy) is 1. The van der Waals surface area contributed by atoms with Crippen LogP contribution in [-0.2, 0) is 5.41 Å². The van der Waals surface area contributed by atoms with Crippen LogP contribution in [0.1, 0.15) is 45.9 Å². The summed E-state index contributed by atoms with van der Waals surface area (Å²) in [6.45, 7) is 10.6. The van der Waals surface area contributed by atoms with Gasteiger partial charge in [0, 0.05) is 29.1 Å². The van der Waals surface area contributed by atoms with Crippen molar-refractivity contribution in [2.24, 2.45) is 5.73 Å². The van der Waals surface area contributed by atoms with Crippen molar-refractivity contribution in [2.45, 2.75) is 46.1 Å². The third kappa shape index (κ3) is 4.77. The zero-order chi connectivity index (χ0) is 21.2. The predicted molar refractivity (Wildman–Crippen MR) is 116 cm³/mol. The second-order valence-electron chi connectivity index (χ2n) is 8.24. The van der Waals surface area contributed by atoms with Gasteiger partial charge in [-0.15, -0.1) is 0 Å². The van der Waals surface area contributed by atoms with Crippen molar-refractivity contribution in [3.05, 3.63) is 60.0 Å². The van der Waals surface area contributed by atoms with Crippen LogP contribution >= 0.6 is 0 Å². The lowest BCUT2D eigenvalue weighted by Gasteiger charge is -2.25. The van der Waals surface area contributed by atoms with Gasteiger partial charge in [-0.3, -0.25) is 10.4 Å². The van der Waals surface area contributed by atoms with E-state index in [0.29, 0.717) is 11.5 Å². The summed E-state index contributed by atoms with van der Waals surface area (Å²) in [7, 11) is 0. The standard InChI is InChI=1S/C23H27N5O/c1-14(2)29-20-9-7-15(12-17(20)23(3,4)5)18-10-11-26-22(28-18)16-6-8-19(21(24)25)27-13-16/h6-14H,1-5H3,(H3,24,25). The van der Waals surface area contributed by atoms with E-state index in [2.05, 4.69) is 36.8 Å². The number of nitrogens with one attached hydrogen (secondary N) is 1. The van der Waals surface area contributed by atoms with E-state index in [1.54, 1.807) is 18.5 Å². The molecule has 0 radical (unpaired) electrons. The first-order valence-electron chi connectivity index (χ1n) is 9.60. The van der Waals surface area contributed by atoms with Gasteiger partial charge in [-0.1, -0.05) is 20.8 Å². The van der Waals surface area contributed by atoms with E-state index in [9.17, 15) is 0 Å². The number of rotatable bonds is 5. The molecular formula is C23H27N5O. The molecule has 0 unspecified atom stereocenters. The van der Waals surface area contributed by atoms with Crippen LogP contribution in [-0.4, -0.2) is 26.9 Å². The molecule has 2 heterocycles. The summed E-state index contributed by atoms with van der Waals surface area (Å²) in [6, 6.07) is 11.6. The lowest BCUT2D eigenvalue weighted by molar-refractivity contribution is 0.236. The fourth-order valence-electron chi connectivity index (χ4n) is 2.98. The van der Waals surface area contributed by atoms with Crippen molar-refractivity contribution in [1.82, 2.24) is 15.0 Å². The van der Waals surface area contributed by atoms with Crippen LogP contribution in [0, 0.1) is 5.41 Å². The number of nitrogen functional groups attached to an aromatic ring is 1. The van der Waals surface area contributed by atoms with Crippen molar-refractivity contribution in [3.8, 4) is 28.4 Å². The molecule has 3 rings (SSSR count). The number of hydrogen-bond donors (Lipinski definition) is 2. The fourth-order valence-corrected chi connectivity index (χ4v) is 2.98. The second kappa shape index (κ2) is 7.99. The highest BCUT2D eigenvalue weighted by atomic mass is 16.5. The molecular weight excluding hydrogens is 362 g/mol. The number of benzene rings is 1. The third-order valence-corrected chi connectivity index (χ3v) is 4.40. The van der Waals surface area contributed by atoms with Crippen LogP contribution < -0.4 is 10.5 Å². The molecule has 2 aromatic heterocycles. The molecule has 3 N–H and O–H groups in total. The highest BCUT2D eigenvalue weighted by molar-refractivity contribution is 5.93. The van der Waals surface area contributed by atoms with E-state index < -0.39 is 0 Å². The zero-order valence-corrected chi connectivity index (χ0v) is 17.5. The number of amidine groups is 1. The topological polar surface area (TPSA) is 97.8 Å². The molecule has 0 bridgehead atoms. The highest BCUT2D eigenvalue weighted by Gasteiger charge is 2.21. The van der Waals surface area contributed by atoms with Crippen molar-refractivity contribution in [3.63, 3.8) is 0 Å². The molecule has 0 saturated heterocycles. The number of pyridine rings is 1. The van der Waals surface area contributed by atoms with Gasteiger partial charge in [-0.2, -0.15) is 0 Å². The summed E-state index contributed by atoms with van der Waals surface area (Å²) in [5.41, 5.74) is 9.57. The quantitative estimate of drug-likeness (QED) is 0.492. The average molecular weight is 390 g/mol. The molecule has 6 heteroatoms. The molecule has 0 saturated carbocycles. The molecule has 1 aromatic carbocycles. The first-order valence-corrected chi connectivity index (χ1v) is 9.60. The Balaban J connectivity index is 2.01. The van der Waals surface area contributed by atoms with Crippen molar-refractivity contribution >= 4 is 5.84 Å². The summed E-state index contributed by atoms with van der Waals surface area (Å²) in [4.78, 5) is 13.3. The first-order chi connectivity index (χ1) is 13.6. The van der Waals surface area contributed by atoms with Crippen LogP contribution in [0.3, 0.4) is 0 Å². The molecule has 0 aliphatic rings. The minimum absolute atomic E-state index is 0.0652. The lowest BCUT2D eigenvalue weighted by Crippen LogP contribution is -2.16. The molecule has 150 valence electrons. The Morgan fingerprint density at radius 1 is 1.03 bits per heavy atom. The van der Waals surface area contributed by atoms with Crippen LogP contribution in [0.25, 0.3) is 22.6 Å². The van der Waals surface area contributed by atoms with Crippen molar-refractivity contribution in [2.75, 3.05) is 0 Å². The minimum Gasteiger partial charge on any atom is -0.491 e. The maximum atomic E-state index is 7.46. The Labute approximate surface area is 171 Å². The van der Waals surface area contributed by atoms with Crippen LogP contribution in [0.2, 0.25) is 0 Å². The summed E-state index contributed by atoms with van der Waals surface area (Å²) < 4.78 is 6.02. The maximum absolute atomic E-state index is 7.46. The first kappa shape index (κ1) is 20.5. The Bertz CT molecular complexity index is 1020. The van der Waals surface area contributed by atoms with Crippen LogP contribution in [0.15, 0.2) is 48.8 Å². The molecule has 3 aromatic rings. The second-order valence-corrected chi connectivity index (χ2v) is 8.24. The zero-order valence-electron chi connectivity index (χ0n) is 17.5. The van der Waals surface area contributed by atoms with Crippen molar-refractivity contribution in [1.29, 1.82) is 5.41 Å². The predicted octanol–water partition coefficient (Wildman–Crippen LogP) is 4.57. The van der Waals surface area contributed by atoms with Gasteiger partial charge in [-0.05, 0) is 55.7 Å². The van der Waals surface area contributed by atoms with Crippen LogP contribution in [0.4, 0.5) is 0 Å². The third-order valence-electron chi connectivity index (χ3n) is 4.40. The Morgan fingerprint density at radius 3 is 2.34 bits per heavy atom. The maximum Gasteiger partial charge on any atom is 0.161 e. The van der Waals surface area contributed by atoms with E-state index >= 15 is 0 Å². The number of aromatic nitrogens is 3. The monoisotopic (exact) mass is 389 g/mol. The lowest BCUT2D eigenvalue weighted by atomic mass is 9.85. The van der Waals surface area contributed by atoms with Gasteiger partial charge >= 0.3 is 0 Å². The number of nitrogens with zero attached hydrogens (tertiary/aromatic N) is 3. The summed E-state index contributed by atoms with van der Waals surface area (Å²) in [5, 5.41) is 7.46. The molecule has 0 amide bonds. The van der Waals surface area contributed by atoms with Gasteiger partial charge in [0.2, 0.25) is 0 Å². The molecule has 0 fully saturated rings. The van der Waals surface area contributed by atoms with Gasteiger partial charge in [0.05, 0.1) is 11.8 Å². The average Bonchev–Trinajstić information content (AvgIpc) is 2.67. The largest absolute Gasteiger partial charge is 0.491 e. The molecule has 0 spiro atoms. The molecule has 0 atom stereocenters. The smallest absolute Gasteiger partial charge is 0.161 e. The van der Waals surface area contributed by atoms with Gasteiger partial charge in [0.1, 0.15) is 17.3 Å². The molecule has 29 heavy (non-hydrogen) atoms. The van der Waals surface area contributed by atoms with Gasteiger partial charge < -0.3 is 10.5 Å². The molecule has 0 aliphatic heterocycles. The normalized spacial score (nSPS) is 11.5. The SMILES string of the molecule is CC(C)Oc1ccc(-c2ccnc(-c3ccc(C(=N)N)nc3)n2)cc1C(C)(C)C. The number of nitrogens with two attached hydrogens (primary N) is 1.